The van der Waals surface area contributed by atoms with Crippen molar-refractivity contribution in [2.75, 3.05) is 5.73 Å². The van der Waals surface area contributed by atoms with E-state index in [1.54, 1.807) is 0 Å². The van der Waals surface area contributed by atoms with Gasteiger partial charge in [-0.3, -0.25) is 0 Å². The van der Waals surface area contributed by atoms with Gasteiger partial charge in [-0.1, -0.05) is 0 Å². The molecule has 0 aliphatic carbocycles. The van der Waals surface area contributed by atoms with E-state index < -0.39 is 11.7 Å². The molecule has 2 heterocycles. The molecule has 112 valence electrons. The molecule has 0 spiro atoms. The van der Waals surface area contributed by atoms with E-state index in [-0.39, 0.29) is 29.4 Å². The van der Waals surface area contributed by atoms with Crippen molar-refractivity contribution < 1.29 is 17.8 Å². The highest BCUT2D eigenvalue weighted by Crippen LogP contribution is 2.33. The number of nitrogen functional groups attached to an aromatic ring is 1. The van der Waals surface area contributed by atoms with Crippen LogP contribution in [0.2, 0.25) is 0 Å². The predicted molar refractivity (Wildman–Crippen MR) is 68.1 cm³/mol. The zero-order valence-corrected chi connectivity index (χ0v) is 10.8. The Bertz CT molecular complexity index is 889. The van der Waals surface area contributed by atoms with Crippen LogP contribution in [0.1, 0.15) is 5.56 Å². The Labute approximate surface area is 120 Å². The topological polar surface area (TPSA) is 107 Å². The lowest BCUT2D eigenvalue weighted by Crippen LogP contribution is -2.04. The summed E-state index contributed by atoms with van der Waals surface area (Å²) in [6.07, 6.45) is -4.48. The van der Waals surface area contributed by atoms with E-state index in [1.165, 1.54) is 10.6 Å². The Morgan fingerprint density at radius 3 is 2.68 bits per heavy atom. The van der Waals surface area contributed by atoms with Gasteiger partial charge in [-0.05, 0) is 28.5 Å². The molecule has 3 aromatic rings. The maximum absolute atomic E-state index is 12.8. The summed E-state index contributed by atoms with van der Waals surface area (Å²) in [5.41, 5.74) is 5.24. The number of alkyl halides is 3. The van der Waals surface area contributed by atoms with Crippen LogP contribution in [-0.4, -0.2) is 19.9 Å². The number of benzene rings is 1. The summed E-state index contributed by atoms with van der Waals surface area (Å²) in [6.45, 7) is -0.135. The Hall–Kier alpha value is -3.09. The van der Waals surface area contributed by atoms with E-state index in [9.17, 15) is 13.2 Å². The second kappa shape index (κ2) is 4.73. The molecular weight excluding hydrogens is 301 g/mol. The van der Waals surface area contributed by atoms with Crippen molar-refractivity contribution in [3.63, 3.8) is 0 Å². The van der Waals surface area contributed by atoms with Gasteiger partial charge >= 0.3 is 6.18 Å². The van der Waals surface area contributed by atoms with Crippen LogP contribution in [0.3, 0.4) is 0 Å². The first-order valence-electron chi connectivity index (χ1n) is 5.94. The number of fused-ring (bicyclic) bond motifs is 1. The van der Waals surface area contributed by atoms with Gasteiger partial charge in [-0.2, -0.15) is 18.4 Å². The first kappa shape index (κ1) is 13.9. The van der Waals surface area contributed by atoms with Crippen molar-refractivity contribution in [3.05, 3.63) is 23.8 Å². The lowest BCUT2D eigenvalue weighted by Gasteiger charge is -2.06. The van der Waals surface area contributed by atoms with Crippen molar-refractivity contribution in [2.24, 2.45) is 0 Å². The minimum Gasteiger partial charge on any atom is -0.379 e. The number of anilines is 1. The van der Waals surface area contributed by atoms with Gasteiger partial charge < -0.3 is 10.3 Å². The molecule has 0 atom stereocenters. The van der Waals surface area contributed by atoms with Crippen LogP contribution in [0.4, 0.5) is 19.0 Å². The number of hydrogen-bond acceptors (Lipinski definition) is 6. The fourth-order valence-corrected chi connectivity index (χ4v) is 2.07. The standard InChI is InChI=1S/C12H7F3N6O/c13-12(14,15)6-1-2-8-7(5-6)18-11(21(8)4-3-16)9-10(17)20-22-19-9/h1-2,5H,4H2,(H2,17,20). The van der Waals surface area contributed by atoms with Crippen LogP contribution in [0, 0.1) is 11.3 Å². The Balaban J connectivity index is 2.27. The molecule has 10 heteroatoms. The third-order valence-electron chi connectivity index (χ3n) is 3.03. The highest BCUT2D eigenvalue weighted by molar-refractivity contribution is 5.82. The number of hydrogen-bond donors (Lipinski definition) is 1. The fraction of sp³-hybridized carbons (Fsp3) is 0.167. The van der Waals surface area contributed by atoms with Gasteiger partial charge in [0.1, 0.15) is 6.54 Å². The van der Waals surface area contributed by atoms with Gasteiger partial charge in [-0.15, -0.1) is 0 Å². The molecule has 0 radical (unpaired) electrons. The van der Waals surface area contributed by atoms with E-state index in [0.717, 1.165) is 12.1 Å². The van der Waals surface area contributed by atoms with Crippen molar-refractivity contribution in [3.8, 4) is 17.6 Å². The number of nitrogens with two attached hydrogens (primary N) is 1. The molecule has 1 aromatic carbocycles. The van der Waals surface area contributed by atoms with Crippen LogP contribution in [0.15, 0.2) is 22.8 Å². The molecule has 2 aromatic heterocycles. The normalized spacial score (nSPS) is 11.7. The molecule has 3 rings (SSSR count). The van der Waals surface area contributed by atoms with Crippen LogP contribution in [0.5, 0.6) is 0 Å². The molecule has 0 saturated carbocycles. The summed E-state index contributed by atoms with van der Waals surface area (Å²) in [4.78, 5) is 4.08. The average molecular weight is 308 g/mol. The number of imidazole rings is 1. The molecule has 0 unspecified atom stereocenters. The molecule has 0 saturated heterocycles. The van der Waals surface area contributed by atoms with Gasteiger partial charge in [0.2, 0.25) is 0 Å². The molecule has 0 aliphatic heterocycles. The molecular formula is C12H7F3N6O. The van der Waals surface area contributed by atoms with Crippen LogP contribution in [0.25, 0.3) is 22.6 Å². The molecule has 0 aliphatic rings. The number of aromatic nitrogens is 4. The smallest absolute Gasteiger partial charge is 0.379 e. The van der Waals surface area contributed by atoms with Crippen molar-refractivity contribution in [1.82, 2.24) is 19.9 Å². The van der Waals surface area contributed by atoms with Gasteiger partial charge in [0.25, 0.3) is 0 Å². The van der Waals surface area contributed by atoms with Crippen molar-refractivity contribution >= 4 is 16.9 Å². The number of rotatable bonds is 2. The van der Waals surface area contributed by atoms with Crippen LogP contribution in [-0.2, 0) is 12.7 Å². The first-order valence-corrected chi connectivity index (χ1v) is 5.94. The van der Waals surface area contributed by atoms with E-state index in [2.05, 4.69) is 19.9 Å². The summed E-state index contributed by atoms with van der Waals surface area (Å²) in [5, 5.41) is 15.9. The van der Waals surface area contributed by atoms with Gasteiger partial charge in [0, 0.05) is 0 Å². The molecule has 0 bridgehead atoms. The molecule has 22 heavy (non-hydrogen) atoms. The number of halogens is 3. The average Bonchev–Trinajstić information content (AvgIpc) is 3.02. The zero-order valence-electron chi connectivity index (χ0n) is 10.8. The monoisotopic (exact) mass is 308 g/mol. The zero-order chi connectivity index (χ0) is 15.9. The van der Waals surface area contributed by atoms with Crippen molar-refractivity contribution in [1.29, 1.82) is 5.26 Å². The third-order valence-corrected chi connectivity index (χ3v) is 3.03. The number of nitriles is 1. The fourth-order valence-electron chi connectivity index (χ4n) is 2.07. The molecule has 0 amide bonds. The summed E-state index contributed by atoms with van der Waals surface area (Å²) < 4.78 is 44.2. The predicted octanol–water partition coefficient (Wildman–Crippen LogP) is 2.21. The highest BCUT2D eigenvalue weighted by atomic mass is 19.4. The quantitative estimate of drug-likeness (QED) is 0.777. The second-order valence-electron chi connectivity index (χ2n) is 4.38. The molecule has 0 fully saturated rings. The maximum Gasteiger partial charge on any atom is 0.416 e. The summed E-state index contributed by atoms with van der Waals surface area (Å²) >= 11 is 0. The van der Waals surface area contributed by atoms with Crippen LogP contribution < -0.4 is 5.73 Å². The minimum atomic E-state index is -4.48. The summed E-state index contributed by atoms with van der Waals surface area (Å²) in [7, 11) is 0. The first-order chi connectivity index (χ1) is 10.4. The van der Waals surface area contributed by atoms with Gasteiger partial charge in [0.15, 0.2) is 17.3 Å². The minimum absolute atomic E-state index is 0.0643. The maximum atomic E-state index is 12.8. The van der Waals surface area contributed by atoms with E-state index >= 15 is 0 Å². The Kier molecular flexibility index (Phi) is 2.98. The highest BCUT2D eigenvalue weighted by Gasteiger charge is 2.31. The number of nitrogens with zero attached hydrogens (tertiary/aromatic N) is 5. The molecule has 7 nitrogen and oxygen atoms in total. The lowest BCUT2D eigenvalue weighted by atomic mass is 10.2. The Morgan fingerprint density at radius 1 is 1.32 bits per heavy atom. The Morgan fingerprint density at radius 2 is 2.09 bits per heavy atom. The van der Waals surface area contributed by atoms with Gasteiger partial charge in [0.05, 0.1) is 22.7 Å². The van der Waals surface area contributed by atoms with Crippen molar-refractivity contribution in [2.45, 2.75) is 12.7 Å². The largest absolute Gasteiger partial charge is 0.416 e. The molecule has 2 N–H and O–H groups in total. The van der Waals surface area contributed by atoms with E-state index in [1.807, 2.05) is 6.07 Å². The van der Waals surface area contributed by atoms with E-state index in [0.29, 0.717) is 5.52 Å². The summed E-state index contributed by atoms with van der Waals surface area (Å²) in [6, 6.07) is 4.98. The van der Waals surface area contributed by atoms with Gasteiger partial charge in [-0.25, -0.2) is 9.61 Å². The SMILES string of the molecule is N#CCn1c(-c2nonc2N)nc2cc(C(F)(F)F)ccc21. The lowest BCUT2D eigenvalue weighted by molar-refractivity contribution is -0.137. The third kappa shape index (κ3) is 2.12. The summed E-state index contributed by atoms with van der Waals surface area (Å²) in [5.74, 6) is 0.0557. The van der Waals surface area contributed by atoms with E-state index in [4.69, 9.17) is 11.0 Å². The van der Waals surface area contributed by atoms with Crippen LogP contribution >= 0.6 is 0 Å². The second-order valence-corrected chi connectivity index (χ2v) is 4.38.